The highest BCUT2D eigenvalue weighted by Gasteiger charge is 2.20. The van der Waals surface area contributed by atoms with Gasteiger partial charge >= 0.3 is 0 Å². The van der Waals surface area contributed by atoms with Crippen LogP contribution >= 0.6 is 0 Å². The summed E-state index contributed by atoms with van der Waals surface area (Å²) in [7, 11) is 0. The van der Waals surface area contributed by atoms with Crippen LogP contribution in [0.3, 0.4) is 0 Å². The number of nitrogens with zero attached hydrogens (tertiary/aromatic N) is 1. The summed E-state index contributed by atoms with van der Waals surface area (Å²) < 4.78 is 0. The lowest BCUT2D eigenvalue weighted by Gasteiger charge is -2.24. The van der Waals surface area contributed by atoms with Gasteiger partial charge in [0.25, 0.3) is 0 Å². The summed E-state index contributed by atoms with van der Waals surface area (Å²) in [6.07, 6.45) is 3.45. The fourth-order valence-electron chi connectivity index (χ4n) is 2.44. The van der Waals surface area contributed by atoms with Crippen molar-refractivity contribution in [3.8, 4) is 0 Å². The van der Waals surface area contributed by atoms with Crippen LogP contribution in [-0.2, 0) is 14.4 Å². The molecule has 1 rings (SSSR count). The first-order valence-corrected chi connectivity index (χ1v) is 7.90. The Morgan fingerprint density at radius 3 is 2.43 bits per heavy atom. The molecule has 2 N–H and O–H groups in total. The quantitative estimate of drug-likeness (QED) is 0.696. The number of hydrogen-bond acceptors (Lipinski definition) is 3. The molecule has 0 aliphatic carbocycles. The zero-order valence-corrected chi connectivity index (χ0v) is 13.1. The summed E-state index contributed by atoms with van der Waals surface area (Å²) in [5, 5.41) is 5.60. The van der Waals surface area contributed by atoms with Gasteiger partial charge in [-0.3, -0.25) is 14.4 Å². The second kappa shape index (κ2) is 9.37. The molecular weight excluding hydrogens is 270 g/mol. The molecule has 0 aromatic rings. The third-order valence-corrected chi connectivity index (χ3v) is 3.54. The first-order chi connectivity index (χ1) is 10.1. The number of nitrogens with one attached hydrogen (secondary N) is 2. The van der Waals surface area contributed by atoms with E-state index >= 15 is 0 Å². The van der Waals surface area contributed by atoms with Crippen LogP contribution in [0.2, 0.25) is 0 Å². The fourth-order valence-corrected chi connectivity index (χ4v) is 2.44. The van der Waals surface area contributed by atoms with Crippen molar-refractivity contribution < 1.29 is 14.4 Å². The highest BCUT2D eigenvalue weighted by atomic mass is 16.2. The summed E-state index contributed by atoms with van der Waals surface area (Å²) in [5.74, 6) is -0.0336. The van der Waals surface area contributed by atoms with E-state index in [9.17, 15) is 14.4 Å². The number of piperidine rings is 1. The molecule has 120 valence electrons. The minimum absolute atomic E-state index is 0.00677. The monoisotopic (exact) mass is 297 g/mol. The zero-order chi connectivity index (χ0) is 15.7. The van der Waals surface area contributed by atoms with Crippen LogP contribution < -0.4 is 10.6 Å². The number of rotatable bonds is 8. The second-order valence-electron chi connectivity index (χ2n) is 5.49. The van der Waals surface area contributed by atoms with Gasteiger partial charge in [-0.15, -0.1) is 0 Å². The van der Waals surface area contributed by atoms with Crippen LogP contribution in [0.1, 0.15) is 52.4 Å². The van der Waals surface area contributed by atoms with Gasteiger partial charge in [-0.2, -0.15) is 0 Å². The Morgan fingerprint density at radius 1 is 1.24 bits per heavy atom. The van der Waals surface area contributed by atoms with Gasteiger partial charge in [-0.25, -0.2) is 0 Å². The van der Waals surface area contributed by atoms with Gasteiger partial charge in [0.2, 0.25) is 17.7 Å². The largest absolute Gasteiger partial charge is 0.354 e. The highest BCUT2D eigenvalue weighted by molar-refractivity contribution is 5.84. The highest BCUT2D eigenvalue weighted by Crippen LogP contribution is 2.05. The first kappa shape index (κ1) is 17.5. The molecule has 3 amide bonds. The first-order valence-electron chi connectivity index (χ1n) is 7.90. The van der Waals surface area contributed by atoms with Crippen LogP contribution in [0.25, 0.3) is 0 Å². The Kier molecular flexibility index (Phi) is 7.79. The molecule has 21 heavy (non-hydrogen) atoms. The maximum absolute atomic E-state index is 12.1. The summed E-state index contributed by atoms with van der Waals surface area (Å²) in [6.45, 7) is 6.07. The van der Waals surface area contributed by atoms with Crippen molar-refractivity contribution in [1.82, 2.24) is 15.5 Å². The Morgan fingerprint density at radius 2 is 1.90 bits per heavy atom. The average molecular weight is 297 g/mol. The molecule has 1 unspecified atom stereocenters. The number of amides is 3. The number of carbonyl (C=O) groups is 3. The van der Waals surface area contributed by atoms with E-state index in [2.05, 4.69) is 10.6 Å². The van der Waals surface area contributed by atoms with Gasteiger partial charge in [0.05, 0.1) is 0 Å². The molecule has 0 saturated carbocycles. The van der Waals surface area contributed by atoms with E-state index in [1.807, 2.05) is 18.7 Å². The van der Waals surface area contributed by atoms with Gasteiger partial charge in [-0.05, 0) is 19.3 Å². The van der Waals surface area contributed by atoms with Gasteiger partial charge in [-0.1, -0.05) is 13.8 Å². The van der Waals surface area contributed by atoms with Crippen LogP contribution in [0, 0.1) is 0 Å². The van der Waals surface area contributed by atoms with Crippen molar-refractivity contribution in [3.63, 3.8) is 0 Å². The molecule has 6 nitrogen and oxygen atoms in total. The van der Waals surface area contributed by atoms with Gasteiger partial charge in [0, 0.05) is 44.9 Å². The Bertz CT molecular complexity index is 355. The van der Waals surface area contributed by atoms with E-state index in [4.69, 9.17) is 0 Å². The van der Waals surface area contributed by atoms with E-state index in [0.29, 0.717) is 19.4 Å². The summed E-state index contributed by atoms with van der Waals surface area (Å²) in [6, 6.07) is -0.00677. The predicted molar refractivity (Wildman–Crippen MR) is 80.6 cm³/mol. The molecule has 1 atom stereocenters. The molecule has 0 aromatic heterocycles. The molecular formula is C15H27N3O3. The van der Waals surface area contributed by atoms with E-state index in [1.165, 1.54) is 0 Å². The van der Waals surface area contributed by atoms with E-state index in [1.54, 1.807) is 0 Å². The third kappa shape index (κ3) is 6.60. The fraction of sp³-hybridized carbons (Fsp3) is 0.800. The van der Waals surface area contributed by atoms with Crippen molar-refractivity contribution in [2.24, 2.45) is 0 Å². The molecule has 0 spiro atoms. The molecule has 0 radical (unpaired) electrons. The summed E-state index contributed by atoms with van der Waals surface area (Å²) >= 11 is 0. The van der Waals surface area contributed by atoms with Crippen LogP contribution in [0.5, 0.6) is 0 Å². The van der Waals surface area contributed by atoms with Crippen LogP contribution in [-0.4, -0.2) is 48.3 Å². The van der Waals surface area contributed by atoms with E-state index in [0.717, 1.165) is 25.9 Å². The predicted octanol–water partition coefficient (Wildman–Crippen LogP) is 0.810. The SMILES string of the molecule is CCCN(CCC)C(=O)CCC(=O)NC1CCC(=O)NC1. The van der Waals surface area contributed by atoms with Crippen molar-refractivity contribution in [1.29, 1.82) is 0 Å². The number of hydrogen-bond donors (Lipinski definition) is 2. The topological polar surface area (TPSA) is 78.5 Å². The molecule has 6 heteroatoms. The lowest BCUT2D eigenvalue weighted by Crippen LogP contribution is -2.47. The van der Waals surface area contributed by atoms with E-state index in [-0.39, 0.29) is 36.6 Å². The van der Waals surface area contributed by atoms with Crippen molar-refractivity contribution >= 4 is 17.7 Å². The van der Waals surface area contributed by atoms with Crippen molar-refractivity contribution in [2.75, 3.05) is 19.6 Å². The van der Waals surface area contributed by atoms with Crippen LogP contribution in [0.4, 0.5) is 0 Å². The minimum Gasteiger partial charge on any atom is -0.354 e. The normalized spacial score (nSPS) is 18.0. The number of carbonyl (C=O) groups excluding carboxylic acids is 3. The Hall–Kier alpha value is -1.59. The van der Waals surface area contributed by atoms with Crippen molar-refractivity contribution in [3.05, 3.63) is 0 Å². The van der Waals surface area contributed by atoms with Crippen molar-refractivity contribution in [2.45, 2.75) is 58.4 Å². The maximum Gasteiger partial charge on any atom is 0.223 e. The molecule has 0 bridgehead atoms. The molecule has 1 aliphatic rings. The van der Waals surface area contributed by atoms with E-state index < -0.39 is 0 Å². The molecule has 1 saturated heterocycles. The van der Waals surface area contributed by atoms with Crippen LogP contribution in [0.15, 0.2) is 0 Å². The molecule has 1 heterocycles. The lowest BCUT2D eigenvalue weighted by molar-refractivity contribution is -0.133. The second-order valence-corrected chi connectivity index (χ2v) is 5.49. The maximum atomic E-state index is 12.1. The third-order valence-electron chi connectivity index (χ3n) is 3.54. The summed E-state index contributed by atoms with van der Waals surface area (Å²) in [4.78, 5) is 36.8. The Labute approximate surface area is 126 Å². The standard InChI is InChI=1S/C15H27N3O3/c1-3-9-18(10-4-2)15(21)8-7-14(20)17-12-5-6-13(19)16-11-12/h12H,3-11H2,1-2H3,(H,16,19)(H,17,20). The lowest BCUT2D eigenvalue weighted by atomic mass is 10.1. The Balaban J connectivity index is 2.27. The summed E-state index contributed by atoms with van der Waals surface area (Å²) in [5.41, 5.74) is 0. The zero-order valence-electron chi connectivity index (χ0n) is 13.1. The smallest absolute Gasteiger partial charge is 0.223 e. The van der Waals surface area contributed by atoms with Gasteiger partial charge in [0.1, 0.15) is 0 Å². The molecule has 1 fully saturated rings. The average Bonchev–Trinajstić information content (AvgIpc) is 2.47. The minimum atomic E-state index is -0.113. The molecule has 0 aromatic carbocycles. The molecule has 1 aliphatic heterocycles. The van der Waals surface area contributed by atoms with Gasteiger partial charge in [0.15, 0.2) is 0 Å². The van der Waals surface area contributed by atoms with Gasteiger partial charge < -0.3 is 15.5 Å².